The Morgan fingerprint density at radius 3 is 1.62 bits per heavy atom. The summed E-state index contributed by atoms with van der Waals surface area (Å²) in [5.41, 5.74) is 0. The van der Waals surface area contributed by atoms with Gasteiger partial charge in [0.15, 0.2) is 0 Å². The average molecular weight is 364 g/mol. The minimum atomic E-state index is 0.117. The molecule has 3 unspecified atom stereocenters. The predicted octanol–water partition coefficient (Wildman–Crippen LogP) is 2.17. The topological polar surface area (TPSA) is 60.9 Å². The Morgan fingerprint density at radius 2 is 1.19 bits per heavy atom. The van der Waals surface area contributed by atoms with E-state index in [9.17, 15) is 14.4 Å². The molecule has 26 heavy (non-hydrogen) atoms. The molecule has 3 aliphatic rings. The fraction of sp³-hybridized carbons (Fsp3) is 0.850. The van der Waals surface area contributed by atoms with Gasteiger partial charge in [-0.15, -0.1) is 0 Å². The van der Waals surface area contributed by atoms with Gasteiger partial charge in [-0.05, 0) is 45.4 Å². The summed E-state index contributed by atoms with van der Waals surface area (Å²) in [5, 5.41) is 0. The smallest absolute Gasteiger partial charge is 0.222 e. The minimum Gasteiger partial charge on any atom is -0.340 e. The van der Waals surface area contributed by atoms with Gasteiger partial charge in [0.2, 0.25) is 17.7 Å². The molecule has 0 aromatic rings. The molecule has 0 spiro atoms. The normalized spacial score (nSPS) is 24.7. The molecule has 0 bridgehead atoms. The molecule has 0 aliphatic carbocycles. The summed E-state index contributed by atoms with van der Waals surface area (Å²) in [7, 11) is 0. The van der Waals surface area contributed by atoms with Crippen LogP contribution >= 0.6 is 0 Å². The van der Waals surface area contributed by atoms with E-state index in [1.807, 2.05) is 14.7 Å². The summed E-state index contributed by atoms with van der Waals surface area (Å²) in [5.74, 6) is 0.731. The predicted molar refractivity (Wildman–Crippen MR) is 99.4 cm³/mol. The first kappa shape index (κ1) is 19.2. The van der Waals surface area contributed by atoms with E-state index in [0.29, 0.717) is 19.3 Å². The maximum Gasteiger partial charge on any atom is 0.222 e. The molecule has 3 fully saturated rings. The van der Waals surface area contributed by atoms with Gasteiger partial charge in [-0.2, -0.15) is 0 Å². The average Bonchev–Trinajstić information content (AvgIpc) is 3.33. The van der Waals surface area contributed by atoms with Gasteiger partial charge < -0.3 is 14.7 Å². The van der Waals surface area contributed by atoms with Crippen LogP contribution in [0.25, 0.3) is 0 Å². The zero-order chi connectivity index (χ0) is 18.7. The van der Waals surface area contributed by atoms with Gasteiger partial charge in [-0.25, -0.2) is 0 Å². The molecule has 0 radical (unpaired) electrons. The van der Waals surface area contributed by atoms with Gasteiger partial charge >= 0.3 is 0 Å². The Hall–Kier alpha value is -1.59. The van der Waals surface area contributed by atoms with Gasteiger partial charge in [0.25, 0.3) is 0 Å². The van der Waals surface area contributed by atoms with Crippen LogP contribution in [0.15, 0.2) is 0 Å². The first-order chi connectivity index (χ1) is 12.5. The van der Waals surface area contributed by atoms with Crippen LogP contribution in [0.5, 0.6) is 0 Å². The SMILES string of the molecule is CCC(CC(CC(C)N1CCCC1=O)N1CCCC1=O)N1CCCC1=O. The van der Waals surface area contributed by atoms with E-state index < -0.39 is 0 Å². The highest BCUT2D eigenvalue weighted by atomic mass is 16.2. The molecule has 3 amide bonds. The van der Waals surface area contributed by atoms with Crippen molar-refractivity contribution in [2.75, 3.05) is 19.6 Å². The molecular formula is C20H33N3O3. The van der Waals surface area contributed by atoms with Crippen molar-refractivity contribution in [3.05, 3.63) is 0 Å². The standard InChI is InChI=1S/C20H33N3O3/c1-3-16(22-11-5-8-19(22)25)14-17(23-12-6-9-20(23)26)13-15(2)21-10-4-7-18(21)24/h15-17H,3-14H2,1-2H3. The lowest BCUT2D eigenvalue weighted by Gasteiger charge is -2.37. The van der Waals surface area contributed by atoms with E-state index in [1.165, 1.54) is 0 Å². The van der Waals surface area contributed by atoms with E-state index in [2.05, 4.69) is 13.8 Å². The molecule has 3 atom stereocenters. The number of rotatable bonds is 8. The highest BCUT2D eigenvalue weighted by Gasteiger charge is 2.36. The lowest BCUT2D eigenvalue weighted by molar-refractivity contribution is -0.132. The van der Waals surface area contributed by atoms with Crippen LogP contribution in [0.3, 0.4) is 0 Å². The summed E-state index contributed by atoms with van der Waals surface area (Å²) < 4.78 is 0. The zero-order valence-electron chi connectivity index (χ0n) is 16.3. The van der Waals surface area contributed by atoms with E-state index in [4.69, 9.17) is 0 Å². The van der Waals surface area contributed by atoms with Crippen molar-refractivity contribution in [2.45, 2.75) is 89.8 Å². The second kappa shape index (κ2) is 8.40. The van der Waals surface area contributed by atoms with Crippen LogP contribution in [-0.2, 0) is 14.4 Å². The number of likely N-dealkylation sites (tertiary alicyclic amines) is 3. The molecule has 6 nitrogen and oxygen atoms in total. The van der Waals surface area contributed by atoms with Crippen LogP contribution in [0.2, 0.25) is 0 Å². The monoisotopic (exact) mass is 363 g/mol. The fourth-order valence-electron chi connectivity index (χ4n) is 4.95. The van der Waals surface area contributed by atoms with Crippen molar-refractivity contribution in [1.29, 1.82) is 0 Å². The first-order valence-electron chi connectivity index (χ1n) is 10.4. The molecule has 3 aliphatic heterocycles. The van der Waals surface area contributed by atoms with Crippen molar-refractivity contribution >= 4 is 17.7 Å². The van der Waals surface area contributed by atoms with E-state index in [0.717, 1.165) is 58.2 Å². The van der Waals surface area contributed by atoms with Crippen LogP contribution in [0, 0.1) is 0 Å². The zero-order valence-corrected chi connectivity index (χ0v) is 16.3. The number of carbonyl (C=O) groups excluding carboxylic acids is 3. The molecule has 0 saturated carbocycles. The van der Waals surface area contributed by atoms with E-state index >= 15 is 0 Å². The molecule has 3 saturated heterocycles. The first-order valence-corrected chi connectivity index (χ1v) is 10.4. The van der Waals surface area contributed by atoms with Crippen LogP contribution in [0.1, 0.15) is 71.6 Å². The molecule has 6 heteroatoms. The van der Waals surface area contributed by atoms with Gasteiger partial charge in [-0.3, -0.25) is 14.4 Å². The molecule has 0 N–H and O–H groups in total. The number of hydrogen-bond donors (Lipinski definition) is 0. The van der Waals surface area contributed by atoms with Crippen molar-refractivity contribution in [1.82, 2.24) is 14.7 Å². The maximum atomic E-state index is 12.4. The second-order valence-electron chi connectivity index (χ2n) is 8.11. The Bertz CT molecular complexity index is 550. The Kier molecular flexibility index (Phi) is 6.20. The number of carbonyl (C=O) groups is 3. The third-order valence-corrected chi connectivity index (χ3v) is 6.37. The largest absolute Gasteiger partial charge is 0.340 e. The fourth-order valence-corrected chi connectivity index (χ4v) is 4.95. The van der Waals surface area contributed by atoms with Crippen molar-refractivity contribution in [2.24, 2.45) is 0 Å². The Morgan fingerprint density at radius 1 is 0.731 bits per heavy atom. The maximum absolute atomic E-state index is 12.4. The molecule has 3 heterocycles. The molecule has 0 aromatic carbocycles. The van der Waals surface area contributed by atoms with Gasteiger partial charge in [0.05, 0.1) is 0 Å². The van der Waals surface area contributed by atoms with Crippen molar-refractivity contribution in [3.63, 3.8) is 0 Å². The molecule has 146 valence electrons. The highest BCUT2D eigenvalue weighted by molar-refractivity contribution is 5.79. The number of nitrogens with zero attached hydrogens (tertiary/aromatic N) is 3. The van der Waals surface area contributed by atoms with Crippen LogP contribution in [0.4, 0.5) is 0 Å². The Balaban J connectivity index is 1.71. The Labute approximate surface area is 156 Å². The summed E-state index contributed by atoms with van der Waals surface area (Å²) >= 11 is 0. The van der Waals surface area contributed by atoms with Crippen LogP contribution < -0.4 is 0 Å². The molecular weight excluding hydrogens is 330 g/mol. The van der Waals surface area contributed by atoms with Crippen molar-refractivity contribution < 1.29 is 14.4 Å². The summed E-state index contributed by atoms with van der Waals surface area (Å²) in [6, 6.07) is 0.465. The molecule has 0 aromatic heterocycles. The highest BCUT2D eigenvalue weighted by Crippen LogP contribution is 2.28. The molecule has 3 rings (SSSR count). The van der Waals surface area contributed by atoms with Gasteiger partial charge in [0.1, 0.15) is 0 Å². The summed E-state index contributed by atoms with van der Waals surface area (Å²) in [6.07, 6.45) is 7.31. The lowest BCUT2D eigenvalue weighted by atomic mass is 9.96. The summed E-state index contributed by atoms with van der Waals surface area (Å²) in [4.78, 5) is 42.8. The van der Waals surface area contributed by atoms with E-state index in [-0.39, 0.29) is 35.8 Å². The van der Waals surface area contributed by atoms with Crippen LogP contribution in [-0.4, -0.2) is 70.2 Å². The number of hydrogen-bond acceptors (Lipinski definition) is 3. The second-order valence-corrected chi connectivity index (χ2v) is 8.11. The number of amides is 3. The van der Waals surface area contributed by atoms with Gasteiger partial charge in [0, 0.05) is 57.0 Å². The summed E-state index contributed by atoms with van der Waals surface area (Å²) in [6.45, 7) is 6.74. The lowest BCUT2D eigenvalue weighted by Crippen LogP contribution is -2.47. The van der Waals surface area contributed by atoms with Gasteiger partial charge in [-0.1, -0.05) is 6.92 Å². The third-order valence-electron chi connectivity index (χ3n) is 6.37. The van der Waals surface area contributed by atoms with E-state index in [1.54, 1.807) is 0 Å². The van der Waals surface area contributed by atoms with Crippen molar-refractivity contribution in [3.8, 4) is 0 Å². The minimum absolute atomic E-state index is 0.117. The quantitative estimate of drug-likeness (QED) is 0.664. The third kappa shape index (κ3) is 4.04.